The summed E-state index contributed by atoms with van der Waals surface area (Å²) in [5.74, 6) is -1.66. The van der Waals surface area contributed by atoms with E-state index < -0.39 is 11.9 Å². The van der Waals surface area contributed by atoms with Gasteiger partial charge in [0.1, 0.15) is 5.65 Å². The maximum absolute atomic E-state index is 13.3. The Balaban J connectivity index is 2.87. The van der Waals surface area contributed by atoms with Gasteiger partial charge in [-0.1, -0.05) is 6.07 Å². The average Bonchev–Trinajstić information content (AvgIpc) is 2.45. The summed E-state index contributed by atoms with van der Waals surface area (Å²) < 4.78 is 14.4. The molecule has 1 N–H and O–H groups in total. The van der Waals surface area contributed by atoms with E-state index >= 15 is 0 Å². The van der Waals surface area contributed by atoms with Crippen molar-refractivity contribution in [3.05, 3.63) is 35.5 Å². The van der Waals surface area contributed by atoms with Gasteiger partial charge in [-0.05, 0) is 19.1 Å². The Hall–Kier alpha value is -1.91. The molecule has 0 spiro atoms. The lowest BCUT2D eigenvalue weighted by Crippen LogP contribution is -2.00. The van der Waals surface area contributed by atoms with E-state index in [2.05, 4.69) is 4.98 Å². The maximum atomic E-state index is 13.3. The van der Waals surface area contributed by atoms with Gasteiger partial charge in [0.05, 0.1) is 5.69 Å². The first-order valence-corrected chi connectivity index (χ1v) is 3.98. The third-order valence-corrected chi connectivity index (χ3v) is 2.03. The fourth-order valence-corrected chi connectivity index (χ4v) is 1.40. The van der Waals surface area contributed by atoms with Crippen molar-refractivity contribution in [2.24, 2.45) is 0 Å². The predicted octanol–water partition coefficient (Wildman–Crippen LogP) is 1.48. The van der Waals surface area contributed by atoms with Gasteiger partial charge >= 0.3 is 5.97 Å². The molecule has 2 rings (SSSR count). The third kappa shape index (κ3) is 1.06. The Kier molecular flexibility index (Phi) is 1.73. The molecular formula is C9H7FN2O2. The normalized spacial score (nSPS) is 10.7. The van der Waals surface area contributed by atoms with E-state index in [1.165, 1.54) is 23.5 Å². The van der Waals surface area contributed by atoms with Crippen molar-refractivity contribution in [2.45, 2.75) is 6.92 Å². The number of carboxylic acids is 1. The zero-order valence-corrected chi connectivity index (χ0v) is 7.36. The molecule has 0 fully saturated rings. The minimum absolute atomic E-state index is 0.116. The number of aromatic carboxylic acids is 1. The zero-order valence-electron chi connectivity index (χ0n) is 7.36. The van der Waals surface area contributed by atoms with Gasteiger partial charge in [0.25, 0.3) is 0 Å². The quantitative estimate of drug-likeness (QED) is 0.699. The van der Waals surface area contributed by atoms with E-state index in [1.807, 2.05) is 0 Å². The van der Waals surface area contributed by atoms with Crippen LogP contribution >= 0.6 is 0 Å². The second kappa shape index (κ2) is 2.80. The van der Waals surface area contributed by atoms with Crippen LogP contribution < -0.4 is 0 Å². The maximum Gasteiger partial charge on any atom is 0.356 e. The summed E-state index contributed by atoms with van der Waals surface area (Å²) in [7, 11) is 0. The smallest absolute Gasteiger partial charge is 0.356 e. The number of aryl methyl sites for hydroxylation is 1. The number of aromatic nitrogens is 2. The molecule has 0 aliphatic heterocycles. The Labute approximate surface area is 78.6 Å². The summed E-state index contributed by atoms with van der Waals surface area (Å²) in [6.45, 7) is 1.52. The summed E-state index contributed by atoms with van der Waals surface area (Å²) in [5, 5.41) is 8.76. The van der Waals surface area contributed by atoms with E-state index in [0.29, 0.717) is 11.3 Å². The van der Waals surface area contributed by atoms with Gasteiger partial charge in [-0.2, -0.15) is 4.39 Å². The molecule has 2 aromatic heterocycles. The number of hydrogen-bond acceptors (Lipinski definition) is 2. The number of carboxylic acid groups (broad SMARTS) is 1. The van der Waals surface area contributed by atoms with Crippen LogP contribution in [-0.2, 0) is 0 Å². The van der Waals surface area contributed by atoms with Crippen LogP contribution in [0.25, 0.3) is 5.65 Å². The number of fused-ring (bicyclic) bond motifs is 1. The molecule has 0 radical (unpaired) electrons. The van der Waals surface area contributed by atoms with Crippen LogP contribution in [0.4, 0.5) is 4.39 Å². The molecule has 0 amide bonds. The molecule has 0 unspecified atom stereocenters. The fourth-order valence-electron chi connectivity index (χ4n) is 1.40. The first-order valence-electron chi connectivity index (χ1n) is 3.98. The van der Waals surface area contributed by atoms with E-state index in [4.69, 9.17) is 5.11 Å². The summed E-state index contributed by atoms with van der Waals surface area (Å²) in [6, 6.07) is 4.30. The van der Waals surface area contributed by atoms with E-state index in [-0.39, 0.29) is 5.69 Å². The van der Waals surface area contributed by atoms with Crippen molar-refractivity contribution in [2.75, 3.05) is 0 Å². The van der Waals surface area contributed by atoms with Crippen LogP contribution in [-0.4, -0.2) is 20.5 Å². The molecule has 0 aromatic carbocycles. The number of carbonyl (C=O) groups is 1. The number of hydrogen-bond donors (Lipinski definition) is 1. The lowest BCUT2D eigenvalue weighted by Gasteiger charge is -1.96. The molecule has 0 aliphatic rings. The third-order valence-electron chi connectivity index (χ3n) is 2.03. The van der Waals surface area contributed by atoms with Crippen LogP contribution in [0.1, 0.15) is 16.2 Å². The Morgan fingerprint density at radius 1 is 1.57 bits per heavy atom. The minimum Gasteiger partial charge on any atom is -0.476 e. The van der Waals surface area contributed by atoms with Crippen molar-refractivity contribution in [3.8, 4) is 0 Å². The van der Waals surface area contributed by atoms with Gasteiger partial charge in [0.2, 0.25) is 0 Å². The molecule has 0 bridgehead atoms. The van der Waals surface area contributed by atoms with Crippen molar-refractivity contribution in [1.29, 1.82) is 0 Å². The van der Waals surface area contributed by atoms with Gasteiger partial charge in [-0.15, -0.1) is 0 Å². The number of halogens is 1. The Morgan fingerprint density at radius 2 is 2.29 bits per heavy atom. The lowest BCUT2D eigenvalue weighted by molar-refractivity contribution is 0.0690. The first-order chi connectivity index (χ1) is 6.61. The van der Waals surface area contributed by atoms with Crippen molar-refractivity contribution >= 4 is 11.6 Å². The van der Waals surface area contributed by atoms with Crippen LogP contribution in [0.5, 0.6) is 0 Å². The summed E-state index contributed by atoms with van der Waals surface area (Å²) >= 11 is 0. The number of nitrogens with zero attached hydrogens (tertiary/aromatic N) is 2. The topological polar surface area (TPSA) is 54.6 Å². The number of imidazole rings is 1. The highest BCUT2D eigenvalue weighted by molar-refractivity contribution is 5.87. The highest BCUT2D eigenvalue weighted by Crippen LogP contribution is 2.13. The average molecular weight is 194 g/mol. The fraction of sp³-hybridized carbons (Fsp3) is 0.111. The van der Waals surface area contributed by atoms with Crippen molar-refractivity contribution in [3.63, 3.8) is 0 Å². The number of pyridine rings is 1. The van der Waals surface area contributed by atoms with Crippen molar-refractivity contribution in [1.82, 2.24) is 9.38 Å². The SMILES string of the molecule is Cc1c(C(=O)O)nc2cccc(F)n12. The molecule has 4 nitrogen and oxygen atoms in total. The van der Waals surface area contributed by atoms with Crippen molar-refractivity contribution < 1.29 is 14.3 Å². The molecular weight excluding hydrogens is 187 g/mol. The monoisotopic (exact) mass is 194 g/mol. The number of rotatable bonds is 1. The molecule has 0 aliphatic carbocycles. The van der Waals surface area contributed by atoms with Gasteiger partial charge in [0, 0.05) is 0 Å². The molecule has 0 saturated heterocycles. The van der Waals surface area contributed by atoms with Gasteiger partial charge in [-0.3, -0.25) is 4.40 Å². The largest absolute Gasteiger partial charge is 0.476 e. The molecule has 2 heterocycles. The first kappa shape index (κ1) is 8.68. The molecule has 14 heavy (non-hydrogen) atoms. The van der Waals surface area contributed by atoms with Crippen LogP contribution in [0, 0.1) is 12.9 Å². The van der Waals surface area contributed by atoms with Gasteiger partial charge in [-0.25, -0.2) is 9.78 Å². The van der Waals surface area contributed by atoms with Crippen LogP contribution in [0.3, 0.4) is 0 Å². The second-order valence-electron chi connectivity index (χ2n) is 2.89. The molecule has 0 saturated carbocycles. The summed E-state index contributed by atoms with van der Waals surface area (Å²) in [5.41, 5.74) is 0.487. The molecule has 72 valence electrons. The second-order valence-corrected chi connectivity index (χ2v) is 2.89. The minimum atomic E-state index is -1.15. The predicted molar refractivity (Wildman–Crippen MR) is 46.8 cm³/mol. The Morgan fingerprint density at radius 3 is 2.86 bits per heavy atom. The summed E-state index contributed by atoms with van der Waals surface area (Å²) in [4.78, 5) is 14.5. The van der Waals surface area contributed by atoms with Crippen LogP contribution in [0.2, 0.25) is 0 Å². The lowest BCUT2D eigenvalue weighted by atomic mass is 10.3. The summed E-state index contributed by atoms with van der Waals surface area (Å²) in [6.07, 6.45) is 0. The van der Waals surface area contributed by atoms with E-state index in [1.54, 1.807) is 6.07 Å². The highest BCUT2D eigenvalue weighted by Gasteiger charge is 2.15. The highest BCUT2D eigenvalue weighted by atomic mass is 19.1. The molecule has 2 aromatic rings. The van der Waals surface area contributed by atoms with Crippen LogP contribution in [0.15, 0.2) is 18.2 Å². The molecule has 5 heteroatoms. The Bertz CT molecular complexity index is 519. The van der Waals surface area contributed by atoms with Gasteiger partial charge < -0.3 is 5.11 Å². The van der Waals surface area contributed by atoms with Gasteiger partial charge in [0.15, 0.2) is 11.6 Å². The van der Waals surface area contributed by atoms with E-state index in [9.17, 15) is 9.18 Å². The zero-order chi connectivity index (χ0) is 10.3. The standard InChI is InChI=1S/C9H7FN2O2/c1-5-8(9(13)14)11-7-4-2-3-6(10)12(5)7/h2-4H,1H3,(H,13,14). The van der Waals surface area contributed by atoms with E-state index in [0.717, 1.165) is 0 Å². The molecule has 0 atom stereocenters.